The van der Waals surface area contributed by atoms with Gasteiger partial charge in [-0.05, 0) is 49.9 Å². The Bertz CT molecular complexity index is 1010. The van der Waals surface area contributed by atoms with Crippen LogP contribution in [0.3, 0.4) is 0 Å². The van der Waals surface area contributed by atoms with E-state index in [1.165, 1.54) is 17.7 Å². The van der Waals surface area contributed by atoms with Gasteiger partial charge >= 0.3 is 6.03 Å². The number of aryl methyl sites for hydroxylation is 2. The van der Waals surface area contributed by atoms with E-state index in [0.29, 0.717) is 4.48 Å². The monoisotopic (exact) mass is 446 g/mol. The zero-order valence-corrected chi connectivity index (χ0v) is 20.0. The zero-order chi connectivity index (χ0) is 24.3. The molecule has 0 fully saturated rings. The van der Waals surface area contributed by atoms with Crippen molar-refractivity contribution in [1.29, 1.82) is 0 Å². The first kappa shape index (κ1) is 25.8. The quantitative estimate of drug-likeness (QED) is 0.520. The highest BCUT2D eigenvalue weighted by Crippen LogP contribution is 2.22. The number of quaternary nitrogens is 1. The number of aromatic carboxylic acids is 1. The Hall–Kier alpha value is -3.44. The Kier molecular flexibility index (Phi) is 9.83. The summed E-state index contributed by atoms with van der Waals surface area (Å²) in [6.07, 6.45) is 0.905. The average molecular weight is 447 g/mol. The fourth-order valence-corrected chi connectivity index (χ4v) is 3.73. The summed E-state index contributed by atoms with van der Waals surface area (Å²) in [7, 11) is 0. The van der Waals surface area contributed by atoms with E-state index in [-0.39, 0.29) is 11.6 Å². The van der Waals surface area contributed by atoms with Crippen LogP contribution in [-0.2, 0) is 6.42 Å². The predicted octanol–water partition coefficient (Wildman–Crippen LogP) is 4.98. The van der Waals surface area contributed by atoms with Crippen molar-refractivity contribution in [3.8, 4) is 0 Å². The van der Waals surface area contributed by atoms with Crippen LogP contribution in [0.15, 0.2) is 78.9 Å². The highest BCUT2D eigenvalue weighted by molar-refractivity contribution is 5.86. The van der Waals surface area contributed by atoms with Gasteiger partial charge in [-0.15, -0.1) is 0 Å². The fraction of sp³-hybridized carbons (Fsp3) is 0.286. The number of carbonyl (C=O) groups is 2. The summed E-state index contributed by atoms with van der Waals surface area (Å²) in [5.41, 5.74) is 4.67. The number of likely N-dealkylation sites (N-methyl/N-ethyl adjacent to an activating group) is 1. The van der Waals surface area contributed by atoms with Gasteiger partial charge in [0.15, 0.2) is 0 Å². The van der Waals surface area contributed by atoms with Crippen LogP contribution < -0.4 is 10.4 Å². The number of para-hydroxylation sites is 1. The molecule has 0 atom stereocenters. The summed E-state index contributed by atoms with van der Waals surface area (Å²) in [5, 5.41) is 13.3. The fourth-order valence-electron chi connectivity index (χ4n) is 3.73. The molecule has 0 aliphatic rings. The molecule has 0 radical (unpaired) electrons. The highest BCUT2D eigenvalue weighted by Gasteiger charge is 2.33. The van der Waals surface area contributed by atoms with Gasteiger partial charge in [-0.25, -0.2) is 9.28 Å². The van der Waals surface area contributed by atoms with Crippen LogP contribution in [0.25, 0.3) is 0 Å². The number of rotatable bonds is 7. The molecule has 0 spiro atoms. The molecule has 3 rings (SSSR count). The van der Waals surface area contributed by atoms with Crippen LogP contribution in [0.1, 0.15) is 40.9 Å². The minimum Gasteiger partial charge on any atom is -0.545 e. The molecule has 33 heavy (non-hydrogen) atoms. The smallest absolute Gasteiger partial charge is 0.421 e. The van der Waals surface area contributed by atoms with Crippen molar-refractivity contribution in [2.45, 2.75) is 34.1 Å². The Balaban J connectivity index is 0.000000357. The minimum absolute atomic E-state index is 0.0910. The van der Waals surface area contributed by atoms with E-state index in [0.717, 1.165) is 42.9 Å². The van der Waals surface area contributed by atoms with Gasteiger partial charge in [0.1, 0.15) is 0 Å². The van der Waals surface area contributed by atoms with E-state index in [2.05, 4.69) is 43.4 Å². The number of amides is 2. The standard InChI is InChI=1S/C21H28N2O.C7H6O2/c1-5-23(6-2,16-15-19-13-8-7-9-14-19)21(24)22-20-17(3)11-10-12-18(20)4;8-7(9)6-4-2-1-3-5-6/h7-14H,5-6,15-16H2,1-4H3;1-5H,(H,8,9). The summed E-state index contributed by atoms with van der Waals surface area (Å²) in [4.78, 5) is 23.2. The molecule has 5 heteroatoms. The van der Waals surface area contributed by atoms with Crippen molar-refractivity contribution in [1.82, 2.24) is 0 Å². The second-order valence-corrected chi connectivity index (χ2v) is 8.09. The Morgan fingerprint density at radius 2 is 1.30 bits per heavy atom. The molecule has 0 aliphatic carbocycles. The predicted molar refractivity (Wildman–Crippen MR) is 132 cm³/mol. The number of urea groups is 1. The first-order valence-corrected chi connectivity index (χ1v) is 11.4. The highest BCUT2D eigenvalue weighted by atomic mass is 16.4. The molecule has 0 saturated heterocycles. The van der Waals surface area contributed by atoms with Crippen LogP contribution in [-0.4, -0.2) is 36.1 Å². The Labute approximate surface area is 197 Å². The van der Waals surface area contributed by atoms with Crippen LogP contribution >= 0.6 is 0 Å². The molecule has 0 bridgehead atoms. The molecule has 174 valence electrons. The van der Waals surface area contributed by atoms with Crippen LogP contribution in [0.5, 0.6) is 0 Å². The molecule has 0 saturated carbocycles. The largest absolute Gasteiger partial charge is 0.545 e. The number of hydrogen-bond acceptors (Lipinski definition) is 3. The van der Waals surface area contributed by atoms with E-state index in [1.54, 1.807) is 18.2 Å². The van der Waals surface area contributed by atoms with Crippen LogP contribution in [0.2, 0.25) is 0 Å². The van der Waals surface area contributed by atoms with Crippen molar-refractivity contribution in [3.05, 3.63) is 101 Å². The lowest BCUT2D eigenvalue weighted by atomic mass is 10.1. The third kappa shape index (κ3) is 7.29. The normalized spacial score (nSPS) is 10.7. The van der Waals surface area contributed by atoms with Gasteiger partial charge < -0.3 is 9.90 Å². The number of nitrogens with zero attached hydrogens (tertiary/aromatic N) is 1. The second kappa shape index (κ2) is 12.6. The SMILES string of the molecule is CC[N+](CC)(CCc1ccccc1)C(=O)Nc1c(C)cccc1C.O=C([O-])c1ccccc1. The van der Waals surface area contributed by atoms with Crippen molar-refractivity contribution >= 4 is 17.7 Å². The molecule has 2 amide bonds. The van der Waals surface area contributed by atoms with E-state index in [4.69, 9.17) is 0 Å². The van der Waals surface area contributed by atoms with E-state index in [9.17, 15) is 14.7 Å². The number of carboxylic acids is 1. The zero-order valence-electron chi connectivity index (χ0n) is 20.0. The number of carboxylic acid groups (broad SMARTS) is 1. The Morgan fingerprint density at radius 1 is 0.788 bits per heavy atom. The molecule has 5 nitrogen and oxygen atoms in total. The van der Waals surface area contributed by atoms with Gasteiger partial charge in [0.05, 0.1) is 31.3 Å². The summed E-state index contributed by atoms with van der Waals surface area (Å²) >= 11 is 0. The van der Waals surface area contributed by atoms with Gasteiger partial charge in [0.25, 0.3) is 0 Å². The van der Waals surface area contributed by atoms with E-state index < -0.39 is 5.97 Å². The van der Waals surface area contributed by atoms with Gasteiger partial charge in [-0.1, -0.05) is 78.9 Å². The summed E-state index contributed by atoms with van der Waals surface area (Å²) in [6.45, 7) is 10.7. The molecular weight excluding hydrogens is 412 g/mol. The van der Waals surface area contributed by atoms with Crippen molar-refractivity contribution in [3.63, 3.8) is 0 Å². The number of anilines is 1. The molecule has 0 aromatic heterocycles. The molecular formula is C28H34N2O3. The van der Waals surface area contributed by atoms with E-state index in [1.807, 2.05) is 38.1 Å². The third-order valence-electron chi connectivity index (χ3n) is 6.04. The average Bonchev–Trinajstić information content (AvgIpc) is 2.84. The summed E-state index contributed by atoms with van der Waals surface area (Å²) < 4.78 is 0.447. The molecule has 0 unspecified atom stereocenters. The number of nitrogens with one attached hydrogen (secondary N) is 1. The van der Waals surface area contributed by atoms with Crippen LogP contribution in [0.4, 0.5) is 10.5 Å². The molecule has 3 aromatic rings. The number of carbonyl (C=O) groups excluding carboxylic acids is 2. The van der Waals surface area contributed by atoms with Gasteiger partial charge in [-0.3, -0.25) is 5.32 Å². The maximum atomic E-state index is 13.1. The Morgan fingerprint density at radius 3 is 1.76 bits per heavy atom. The lowest BCUT2D eigenvalue weighted by Gasteiger charge is -2.34. The van der Waals surface area contributed by atoms with Gasteiger partial charge in [-0.2, -0.15) is 0 Å². The molecule has 3 aromatic carbocycles. The first-order chi connectivity index (χ1) is 15.8. The summed E-state index contributed by atoms with van der Waals surface area (Å²) in [6, 6.07) is 24.7. The maximum absolute atomic E-state index is 13.1. The minimum atomic E-state index is -1.13. The number of hydrogen-bond donors (Lipinski definition) is 1. The lowest BCUT2D eigenvalue weighted by molar-refractivity contribution is -0.844. The number of benzene rings is 3. The lowest BCUT2D eigenvalue weighted by Crippen LogP contribution is -2.55. The van der Waals surface area contributed by atoms with Gasteiger partial charge in [0, 0.05) is 6.42 Å². The molecule has 1 N–H and O–H groups in total. The topological polar surface area (TPSA) is 69.2 Å². The van der Waals surface area contributed by atoms with Crippen molar-refractivity contribution in [2.75, 3.05) is 25.0 Å². The molecule has 0 heterocycles. The van der Waals surface area contributed by atoms with Crippen molar-refractivity contribution < 1.29 is 19.2 Å². The molecule has 0 aliphatic heterocycles. The van der Waals surface area contributed by atoms with Crippen LogP contribution in [0, 0.1) is 13.8 Å². The first-order valence-electron chi connectivity index (χ1n) is 11.4. The van der Waals surface area contributed by atoms with Crippen molar-refractivity contribution in [2.24, 2.45) is 0 Å². The third-order valence-corrected chi connectivity index (χ3v) is 6.04. The maximum Gasteiger partial charge on any atom is 0.421 e. The summed E-state index contributed by atoms with van der Waals surface area (Å²) in [5.74, 6) is -1.13. The van der Waals surface area contributed by atoms with E-state index >= 15 is 0 Å². The second-order valence-electron chi connectivity index (χ2n) is 8.09. The van der Waals surface area contributed by atoms with Gasteiger partial charge in [0.2, 0.25) is 0 Å².